The molecule has 4 rings (SSSR count). The number of ether oxygens (including phenoxy) is 3. The number of morpholine rings is 1. The van der Waals surface area contributed by atoms with E-state index in [2.05, 4.69) is 22.2 Å². The largest absolute Gasteiger partial charge is 0.497 e. The molecule has 3 aromatic rings. The summed E-state index contributed by atoms with van der Waals surface area (Å²) < 4.78 is 18.0. The van der Waals surface area contributed by atoms with Crippen molar-refractivity contribution in [3.8, 4) is 11.5 Å². The van der Waals surface area contributed by atoms with Crippen molar-refractivity contribution in [3.05, 3.63) is 30.5 Å². The number of nitrogens with zero attached hydrogens (tertiary/aromatic N) is 5. The van der Waals surface area contributed by atoms with Gasteiger partial charge in [-0.1, -0.05) is 24.8 Å². The number of anilines is 1. The lowest BCUT2D eigenvalue weighted by Gasteiger charge is -2.28. The molecule has 0 bridgehead atoms. The fourth-order valence-corrected chi connectivity index (χ4v) is 4.24. The van der Waals surface area contributed by atoms with Crippen LogP contribution in [0.25, 0.3) is 11.0 Å². The van der Waals surface area contributed by atoms with E-state index in [-0.39, 0.29) is 12.5 Å². The molecule has 1 aliphatic heterocycles. The maximum Gasteiger partial charge on any atom is 0.258 e. The molecule has 1 N–H and O–H groups in total. The number of benzene rings is 1. The summed E-state index contributed by atoms with van der Waals surface area (Å²) in [4.78, 5) is 24.1. The molecule has 0 atom stereocenters. The number of amides is 1. The fourth-order valence-electron chi connectivity index (χ4n) is 3.55. The van der Waals surface area contributed by atoms with Gasteiger partial charge in [0, 0.05) is 31.5 Å². The maximum absolute atomic E-state index is 12.3. The highest BCUT2D eigenvalue weighted by Gasteiger charge is 2.20. The normalized spacial score (nSPS) is 13.8. The predicted octanol–water partition coefficient (Wildman–Crippen LogP) is 2.37. The Hall–Kier alpha value is -3.05. The lowest BCUT2D eigenvalue weighted by atomic mass is 10.3. The van der Waals surface area contributed by atoms with Crippen LogP contribution in [0, 0.1) is 0 Å². The van der Waals surface area contributed by atoms with Crippen molar-refractivity contribution in [2.45, 2.75) is 25.0 Å². The van der Waals surface area contributed by atoms with E-state index in [1.54, 1.807) is 31.0 Å². The van der Waals surface area contributed by atoms with Crippen LogP contribution < -0.4 is 19.7 Å². The number of carbonyl (C=O) groups is 1. The molecule has 1 fully saturated rings. The SMILES string of the molecule is CCCSc1nc(N2CCOCC2)c2cnn(CCNC(=O)COc3cccc(OC)c3)c2n1. The summed E-state index contributed by atoms with van der Waals surface area (Å²) in [5.74, 6) is 2.90. The molecule has 0 spiro atoms. The molecule has 1 aliphatic rings. The number of rotatable bonds is 11. The van der Waals surface area contributed by atoms with Crippen molar-refractivity contribution < 1.29 is 19.0 Å². The molecule has 1 amide bonds. The molecule has 0 saturated carbocycles. The summed E-state index contributed by atoms with van der Waals surface area (Å²) in [6.45, 7) is 5.91. The van der Waals surface area contributed by atoms with Crippen LogP contribution in [0.2, 0.25) is 0 Å². The molecule has 0 aliphatic carbocycles. The van der Waals surface area contributed by atoms with Crippen LogP contribution in [-0.2, 0) is 16.1 Å². The van der Waals surface area contributed by atoms with E-state index < -0.39 is 0 Å². The number of aromatic nitrogens is 4. The van der Waals surface area contributed by atoms with Gasteiger partial charge in [-0.3, -0.25) is 4.79 Å². The number of fused-ring (bicyclic) bond motifs is 1. The van der Waals surface area contributed by atoms with Gasteiger partial charge in [-0.15, -0.1) is 0 Å². The molecule has 0 radical (unpaired) electrons. The lowest BCUT2D eigenvalue weighted by molar-refractivity contribution is -0.123. The average Bonchev–Trinajstić information content (AvgIpc) is 3.29. The molecule has 182 valence electrons. The van der Waals surface area contributed by atoms with E-state index in [0.717, 1.165) is 47.3 Å². The van der Waals surface area contributed by atoms with E-state index in [1.165, 1.54) is 0 Å². The second kappa shape index (κ2) is 11.9. The third-order valence-electron chi connectivity index (χ3n) is 5.26. The Labute approximate surface area is 203 Å². The average molecular weight is 487 g/mol. The zero-order valence-electron chi connectivity index (χ0n) is 19.5. The highest BCUT2D eigenvalue weighted by Crippen LogP contribution is 2.28. The van der Waals surface area contributed by atoms with Gasteiger partial charge in [0.05, 0.1) is 38.5 Å². The van der Waals surface area contributed by atoms with Gasteiger partial charge < -0.3 is 24.4 Å². The Kier molecular flexibility index (Phi) is 8.42. The minimum atomic E-state index is -0.206. The lowest BCUT2D eigenvalue weighted by Crippen LogP contribution is -2.37. The van der Waals surface area contributed by atoms with Crippen LogP contribution in [0.3, 0.4) is 0 Å². The van der Waals surface area contributed by atoms with Crippen molar-refractivity contribution in [1.29, 1.82) is 0 Å². The zero-order valence-corrected chi connectivity index (χ0v) is 20.3. The minimum Gasteiger partial charge on any atom is -0.497 e. The maximum atomic E-state index is 12.3. The summed E-state index contributed by atoms with van der Waals surface area (Å²) in [7, 11) is 1.59. The van der Waals surface area contributed by atoms with Crippen LogP contribution in [0.5, 0.6) is 11.5 Å². The molecule has 34 heavy (non-hydrogen) atoms. The van der Waals surface area contributed by atoms with E-state index in [1.807, 2.05) is 23.0 Å². The molecule has 10 nitrogen and oxygen atoms in total. The topological polar surface area (TPSA) is 104 Å². The number of hydrogen-bond donors (Lipinski definition) is 1. The highest BCUT2D eigenvalue weighted by molar-refractivity contribution is 7.99. The van der Waals surface area contributed by atoms with Gasteiger partial charge in [-0.05, 0) is 18.6 Å². The van der Waals surface area contributed by atoms with Gasteiger partial charge in [0.1, 0.15) is 17.3 Å². The van der Waals surface area contributed by atoms with Gasteiger partial charge >= 0.3 is 0 Å². The van der Waals surface area contributed by atoms with Crippen LogP contribution in [0.15, 0.2) is 35.6 Å². The molecule has 0 unspecified atom stereocenters. The number of nitrogens with one attached hydrogen (secondary N) is 1. The van der Waals surface area contributed by atoms with Gasteiger partial charge in [-0.25, -0.2) is 14.6 Å². The van der Waals surface area contributed by atoms with Gasteiger partial charge in [0.15, 0.2) is 17.4 Å². The Morgan fingerprint density at radius 1 is 1.24 bits per heavy atom. The van der Waals surface area contributed by atoms with Gasteiger partial charge in [0.25, 0.3) is 5.91 Å². The van der Waals surface area contributed by atoms with Crippen molar-refractivity contribution >= 4 is 34.5 Å². The molecular weight excluding hydrogens is 456 g/mol. The third-order valence-corrected chi connectivity index (χ3v) is 6.31. The Balaban J connectivity index is 1.39. The van der Waals surface area contributed by atoms with Crippen molar-refractivity contribution in [3.63, 3.8) is 0 Å². The summed E-state index contributed by atoms with van der Waals surface area (Å²) in [6.07, 6.45) is 2.85. The molecule has 11 heteroatoms. The molecule has 1 saturated heterocycles. The first-order chi connectivity index (χ1) is 16.7. The number of methoxy groups -OCH3 is 1. The number of carbonyl (C=O) groups excluding carboxylic acids is 1. The second-order valence-corrected chi connectivity index (χ2v) is 8.76. The summed E-state index contributed by atoms with van der Waals surface area (Å²) >= 11 is 1.64. The predicted molar refractivity (Wildman–Crippen MR) is 131 cm³/mol. The smallest absolute Gasteiger partial charge is 0.258 e. The van der Waals surface area contributed by atoms with Crippen LogP contribution in [0.4, 0.5) is 5.82 Å². The van der Waals surface area contributed by atoms with Crippen LogP contribution >= 0.6 is 11.8 Å². The summed E-state index contributed by atoms with van der Waals surface area (Å²) in [5, 5.41) is 9.07. The third kappa shape index (κ3) is 6.09. The molecule has 1 aromatic carbocycles. The first kappa shape index (κ1) is 24.1. The van der Waals surface area contributed by atoms with Gasteiger partial charge in [-0.2, -0.15) is 5.10 Å². The summed E-state index contributed by atoms with van der Waals surface area (Å²) in [6, 6.07) is 7.16. The monoisotopic (exact) mass is 486 g/mol. The molecule has 2 aromatic heterocycles. The number of hydrogen-bond acceptors (Lipinski definition) is 9. The van der Waals surface area contributed by atoms with Crippen molar-refractivity contribution in [1.82, 2.24) is 25.1 Å². The molecular formula is C23H30N6O4S. The van der Waals surface area contributed by atoms with E-state index in [4.69, 9.17) is 24.2 Å². The van der Waals surface area contributed by atoms with Crippen LogP contribution in [0.1, 0.15) is 13.3 Å². The van der Waals surface area contributed by atoms with Crippen molar-refractivity contribution in [2.24, 2.45) is 0 Å². The fraction of sp³-hybridized carbons (Fsp3) is 0.478. The Morgan fingerprint density at radius 2 is 2.06 bits per heavy atom. The number of thioether (sulfide) groups is 1. The molecule has 3 heterocycles. The van der Waals surface area contributed by atoms with Gasteiger partial charge in [0.2, 0.25) is 0 Å². The Bertz CT molecular complexity index is 1100. The van der Waals surface area contributed by atoms with Crippen molar-refractivity contribution in [2.75, 3.05) is 57.2 Å². The first-order valence-electron chi connectivity index (χ1n) is 11.4. The standard InChI is InChI=1S/C23H30N6O4S/c1-3-13-34-23-26-21(28-9-11-32-12-10-28)19-15-25-29(22(19)27-23)8-7-24-20(30)16-33-18-6-4-5-17(14-18)31-2/h4-6,14-15H,3,7-13,16H2,1-2H3,(H,24,30). The van der Waals surface area contributed by atoms with E-state index in [0.29, 0.717) is 37.8 Å². The van der Waals surface area contributed by atoms with E-state index in [9.17, 15) is 4.79 Å². The zero-order chi connectivity index (χ0) is 23.8. The van der Waals surface area contributed by atoms with E-state index >= 15 is 0 Å². The Morgan fingerprint density at radius 3 is 2.85 bits per heavy atom. The summed E-state index contributed by atoms with van der Waals surface area (Å²) in [5.41, 5.74) is 0.775. The van der Waals surface area contributed by atoms with Crippen LogP contribution in [-0.4, -0.2) is 78.0 Å². The quantitative estimate of drug-likeness (QED) is 0.323. The minimum absolute atomic E-state index is 0.0752. The second-order valence-electron chi connectivity index (χ2n) is 7.70. The first-order valence-corrected chi connectivity index (χ1v) is 12.4. The highest BCUT2D eigenvalue weighted by atomic mass is 32.2.